The molecule has 0 amide bonds. The average Bonchev–Trinajstić information content (AvgIpc) is 2.78. The van der Waals surface area contributed by atoms with Gasteiger partial charge in [-0.2, -0.15) is 0 Å². The minimum Gasteiger partial charge on any atom is -0.392 e. The highest BCUT2D eigenvalue weighted by atomic mass is 16.7. The molecule has 0 aromatic rings. The third-order valence-electron chi connectivity index (χ3n) is 5.75. The fourth-order valence-corrected chi connectivity index (χ4v) is 3.41. The van der Waals surface area contributed by atoms with Crippen LogP contribution in [-0.4, -0.2) is 116 Å². The van der Waals surface area contributed by atoms with Gasteiger partial charge >= 0.3 is 0 Å². The number of allylic oxidation sites excluding steroid dienone is 1. The molecular formula is C21H36O11. The van der Waals surface area contributed by atoms with Crippen molar-refractivity contribution in [2.75, 3.05) is 19.8 Å². The summed E-state index contributed by atoms with van der Waals surface area (Å²) in [4.78, 5) is 0. The van der Waals surface area contributed by atoms with E-state index < -0.39 is 60.9 Å². The first-order chi connectivity index (χ1) is 15.0. The maximum absolute atomic E-state index is 10.4. The Balaban J connectivity index is 2.00. The van der Waals surface area contributed by atoms with Crippen LogP contribution in [0.25, 0.3) is 0 Å². The van der Waals surface area contributed by atoms with Crippen molar-refractivity contribution in [3.8, 4) is 0 Å². The van der Waals surface area contributed by atoms with Crippen LogP contribution >= 0.6 is 0 Å². The van der Waals surface area contributed by atoms with Gasteiger partial charge in [0.05, 0.1) is 25.4 Å². The molecular weight excluding hydrogens is 428 g/mol. The van der Waals surface area contributed by atoms with Gasteiger partial charge in [0.1, 0.15) is 42.7 Å². The first kappa shape index (κ1) is 27.3. The van der Waals surface area contributed by atoms with E-state index in [2.05, 4.69) is 6.58 Å². The smallest absolute Gasteiger partial charge is 0.187 e. The highest BCUT2D eigenvalue weighted by molar-refractivity contribution is 5.02. The Labute approximate surface area is 187 Å². The van der Waals surface area contributed by atoms with E-state index in [1.807, 2.05) is 6.08 Å². The van der Waals surface area contributed by atoms with Gasteiger partial charge in [0.25, 0.3) is 0 Å². The summed E-state index contributed by atoms with van der Waals surface area (Å²) in [6.45, 7) is 6.59. The summed E-state index contributed by atoms with van der Waals surface area (Å²) in [5.41, 5.74) is -0.153. The molecule has 0 spiro atoms. The first-order valence-electron chi connectivity index (χ1n) is 10.6. The highest BCUT2D eigenvalue weighted by Gasteiger charge is 2.47. The molecule has 0 aromatic carbocycles. The van der Waals surface area contributed by atoms with Crippen molar-refractivity contribution in [1.82, 2.24) is 0 Å². The van der Waals surface area contributed by atoms with Crippen molar-refractivity contribution in [3.05, 3.63) is 24.3 Å². The summed E-state index contributed by atoms with van der Waals surface area (Å²) < 4.78 is 22.1. The number of aliphatic hydroxyl groups excluding tert-OH is 7. The van der Waals surface area contributed by atoms with Crippen LogP contribution < -0.4 is 0 Å². The molecule has 0 aliphatic carbocycles. The minimum absolute atomic E-state index is 0.0583. The number of ether oxygens (including phenoxy) is 4. The molecule has 7 N–H and O–H groups in total. The molecule has 32 heavy (non-hydrogen) atoms. The Kier molecular flexibility index (Phi) is 10.2. The van der Waals surface area contributed by atoms with Gasteiger partial charge in [0.2, 0.25) is 0 Å². The third kappa shape index (κ3) is 6.78. The lowest BCUT2D eigenvalue weighted by Gasteiger charge is -2.43. The largest absolute Gasteiger partial charge is 0.392 e. The van der Waals surface area contributed by atoms with E-state index >= 15 is 0 Å². The minimum atomic E-state index is -1.60. The molecule has 2 aliphatic rings. The fourth-order valence-electron chi connectivity index (χ4n) is 3.41. The normalized spacial score (nSPS) is 40.7. The summed E-state index contributed by atoms with van der Waals surface area (Å²) >= 11 is 0. The average molecular weight is 465 g/mol. The molecule has 0 radical (unpaired) electrons. The molecule has 2 fully saturated rings. The second-order valence-corrected chi connectivity index (χ2v) is 8.48. The zero-order valence-corrected chi connectivity index (χ0v) is 18.4. The van der Waals surface area contributed by atoms with Crippen LogP contribution in [0.1, 0.15) is 26.7 Å². The van der Waals surface area contributed by atoms with Crippen LogP contribution in [0.3, 0.4) is 0 Å². The zero-order chi connectivity index (χ0) is 24.1. The van der Waals surface area contributed by atoms with Crippen molar-refractivity contribution >= 4 is 0 Å². The molecule has 0 unspecified atom stereocenters. The van der Waals surface area contributed by atoms with E-state index in [4.69, 9.17) is 24.1 Å². The molecule has 2 rings (SSSR count). The SMILES string of the molecule is C=C[C@](C)(CC/C=C(\C)CO)O[C@@H]1O[C@H](CO[C@H]2OC[C@H](O)[C@@H](O)[C@@H]2O)[C@@H](O)[C@H](O)[C@H]1O. The predicted octanol–water partition coefficient (Wildman–Crippen LogP) is -2.07. The summed E-state index contributed by atoms with van der Waals surface area (Å²) in [6.07, 6.45) is -8.30. The van der Waals surface area contributed by atoms with Crippen LogP contribution in [0.2, 0.25) is 0 Å². The van der Waals surface area contributed by atoms with E-state index in [1.54, 1.807) is 13.8 Å². The van der Waals surface area contributed by atoms with Crippen molar-refractivity contribution < 1.29 is 54.7 Å². The first-order valence-corrected chi connectivity index (χ1v) is 10.6. The maximum atomic E-state index is 10.4. The van der Waals surface area contributed by atoms with E-state index in [0.29, 0.717) is 12.8 Å². The lowest BCUT2D eigenvalue weighted by molar-refractivity contribution is -0.333. The summed E-state index contributed by atoms with van der Waals surface area (Å²) in [7, 11) is 0. The molecule has 186 valence electrons. The summed E-state index contributed by atoms with van der Waals surface area (Å²) in [6, 6.07) is 0. The molecule has 10 atom stereocenters. The standard InChI is InChI=1S/C21H36O11/c1-4-21(3,7-5-6-11(2)8-22)32-20-18(28)16(26)15(25)13(31-20)10-30-19-17(27)14(24)12(23)9-29-19/h4,6,12-20,22-28H,1,5,7-10H2,2-3H3/b11-6+/t12-,13+,14+,15+,16-,17-,18+,19+,20-,21+/m0/s1. The van der Waals surface area contributed by atoms with Gasteiger partial charge in [-0.1, -0.05) is 17.7 Å². The quantitative estimate of drug-likeness (QED) is 0.177. The number of hydrogen-bond acceptors (Lipinski definition) is 11. The lowest BCUT2D eigenvalue weighted by atomic mass is 9.96. The van der Waals surface area contributed by atoms with Gasteiger partial charge in [-0.05, 0) is 26.7 Å². The van der Waals surface area contributed by atoms with Gasteiger partial charge in [-0.3, -0.25) is 0 Å². The Morgan fingerprint density at radius 1 is 1.03 bits per heavy atom. The summed E-state index contributed by atoms with van der Waals surface area (Å²) in [5.74, 6) is 0. The Hall–Kier alpha value is -0.960. The predicted molar refractivity (Wildman–Crippen MR) is 110 cm³/mol. The van der Waals surface area contributed by atoms with Gasteiger partial charge < -0.3 is 54.7 Å². The van der Waals surface area contributed by atoms with Crippen molar-refractivity contribution in [3.63, 3.8) is 0 Å². The van der Waals surface area contributed by atoms with Crippen LogP contribution in [0.5, 0.6) is 0 Å². The van der Waals surface area contributed by atoms with Gasteiger partial charge in [-0.15, -0.1) is 6.58 Å². The number of hydrogen-bond donors (Lipinski definition) is 7. The number of aliphatic hydroxyl groups is 7. The summed E-state index contributed by atoms with van der Waals surface area (Å²) in [5, 5.41) is 69.2. The lowest BCUT2D eigenvalue weighted by Crippen LogP contribution is -2.61. The van der Waals surface area contributed by atoms with E-state index in [-0.39, 0.29) is 19.8 Å². The second kappa shape index (κ2) is 12.0. The zero-order valence-electron chi connectivity index (χ0n) is 18.4. The Bertz CT molecular complexity index is 629. The molecule has 2 saturated heterocycles. The molecule has 11 heteroatoms. The van der Waals surface area contributed by atoms with Crippen LogP contribution in [0.15, 0.2) is 24.3 Å². The van der Waals surface area contributed by atoms with Crippen LogP contribution in [0.4, 0.5) is 0 Å². The van der Waals surface area contributed by atoms with Gasteiger partial charge in [-0.25, -0.2) is 0 Å². The van der Waals surface area contributed by atoms with Crippen LogP contribution in [0, 0.1) is 0 Å². The molecule has 2 heterocycles. The Morgan fingerprint density at radius 2 is 1.69 bits per heavy atom. The van der Waals surface area contributed by atoms with Crippen molar-refractivity contribution in [2.45, 2.75) is 87.6 Å². The highest BCUT2D eigenvalue weighted by Crippen LogP contribution is 2.30. The monoisotopic (exact) mass is 464 g/mol. The van der Waals surface area contributed by atoms with Crippen molar-refractivity contribution in [2.24, 2.45) is 0 Å². The number of rotatable bonds is 10. The van der Waals surface area contributed by atoms with E-state index in [1.165, 1.54) is 6.08 Å². The van der Waals surface area contributed by atoms with Gasteiger partial charge in [0, 0.05) is 0 Å². The maximum Gasteiger partial charge on any atom is 0.187 e. The molecule has 0 saturated carbocycles. The second-order valence-electron chi connectivity index (χ2n) is 8.48. The molecule has 11 nitrogen and oxygen atoms in total. The topological polar surface area (TPSA) is 179 Å². The fraction of sp³-hybridized carbons (Fsp3) is 0.810. The van der Waals surface area contributed by atoms with E-state index in [0.717, 1.165) is 5.57 Å². The van der Waals surface area contributed by atoms with E-state index in [9.17, 15) is 30.6 Å². The molecule has 0 bridgehead atoms. The van der Waals surface area contributed by atoms with Crippen LogP contribution in [-0.2, 0) is 18.9 Å². The molecule has 0 aromatic heterocycles. The Morgan fingerprint density at radius 3 is 2.31 bits per heavy atom. The third-order valence-corrected chi connectivity index (χ3v) is 5.75. The van der Waals surface area contributed by atoms with Gasteiger partial charge in [0.15, 0.2) is 12.6 Å². The van der Waals surface area contributed by atoms with Crippen molar-refractivity contribution in [1.29, 1.82) is 0 Å². The molecule has 2 aliphatic heterocycles.